The van der Waals surface area contributed by atoms with Crippen molar-refractivity contribution in [3.8, 4) is 5.75 Å². The summed E-state index contributed by atoms with van der Waals surface area (Å²) in [4.78, 5) is 0. The second-order valence-electron chi connectivity index (χ2n) is 4.83. The molecule has 0 aliphatic heterocycles. The third-order valence-electron chi connectivity index (χ3n) is 3.55. The predicted octanol–water partition coefficient (Wildman–Crippen LogP) is 2.71. The highest BCUT2D eigenvalue weighted by molar-refractivity contribution is 5.29. The summed E-state index contributed by atoms with van der Waals surface area (Å²) >= 11 is 0. The zero-order valence-electron chi connectivity index (χ0n) is 12.5. The Morgan fingerprint density at radius 1 is 1.25 bits per heavy atom. The third-order valence-corrected chi connectivity index (χ3v) is 3.55. The van der Waals surface area contributed by atoms with Crippen LogP contribution in [0.4, 0.5) is 0 Å². The van der Waals surface area contributed by atoms with Gasteiger partial charge in [-0.1, -0.05) is 12.1 Å². The molecular formula is C16H23N3O. The Morgan fingerprint density at radius 3 is 2.55 bits per heavy atom. The summed E-state index contributed by atoms with van der Waals surface area (Å²) in [7, 11) is 3.99. The first-order chi connectivity index (χ1) is 9.74. The molecule has 1 aromatic heterocycles. The molecule has 0 saturated carbocycles. The largest absolute Gasteiger partial charge is 0.494 e. The van der Waals surface area contributed by atoms with Crippen LogP contribution in [0.1, 0.15) is 30.6 Å². The SMILES string of the molecule is CCOc1ccc(C(CCc2ccnn2C)NC)cc1. The summed E-state index contributed by atoms with van der Waals surface area (Å²) in [6, 6.07) is 10.8. The van der Waals surface area contributed by atoms with Crippen molar-refractivity contribution in [1.29, 1.82) is 0 Å². The standard InChI is InChI=1S/C16H23N3O/c1-4-20-15-8-5-13(6-9-15)16(17-2)10-7-14-11-12-18-19(14)3/h5-6,8-9,11-12,16-17H,4,7,10H2,1-3H3. The molecule has 0 aliphatic rings. The molecule has 1 N–H and O–H groups in total. The molecule has 1 aromatic carbocycles. The predicted molar refractivity (Wildman–Crippen MR) is 80.9 cm³/mol. The van der Waals surface area contributed by atoms with Gasteiger partial charge >= 0.3 is 0 Å². The van der Waals surface area contributed by atoms with Crippen molar-refractivity contribution in [3.63, 3.8) is 0 Å². The summed E-state index contributed by atoms with van der Waals surface area (Å²) in [6.07, 6.45) is 3.90. The number of benzene rings is 1. The van der Waals surface area contributed by atoms with Gasteiger partial charge in [0.2, 0.25) is 0 Å². The van der Waals surface area contributed by atoms with E-state index in [0.29, 0.717) is 12.6 Å². The van der Waals surface area contributed by atoms with Gasteiger partial charge in [0.25, 0.3) is 0 Å². The van der Waals surface area contributed by atoms with E-state index in [0.717, 1.165) is 18.6 Å². The van der Waals surface area contributed by atoms with Gasteiger partial charge in [-0.05, 0) is 50.6 Å². The van der Waals surface area contributed by atoms with Gasteiger partial charge in [0.15, 0.2) is 0 Å². The van der Waals surface area contributed by atoms with E-state index in [4.69, 9.17) is 4.74 Å². The number of hydrogen-bond acceptors (Lipinski definition) is 3. The van der Waals surface area contributed by atoms with Crippen LogP contribution in [0.25, 0.3) is 0 Å². The number of hydrogen-bond donors (Lipinski definition) is 1. The molecule has 0 fully saturated rings. The van der Waals surface area contributed by atoms with Gasteiger partial charge in [-0.25, -0.2) is 0 Å². The molecule has 0 radical (unpaired) electrons. The number of ether oxygens (including phenoxy) is 1. The van der Waals surface area contributed by atoms with Crippen LogP contribution >= 0.6 is 0 Å². The first-order valence-electron chi connectivity index (χ1n) is 7.11. The van der Waals surface area contributed by atoms with E-state index < -0.39 is 0 Å². The number of aromatic nitrogens is 2. The number of nitrogens with one attached hydrogen (secondary N) is 1. The quantitative estimate of drug-likeness (QED) is 0.843. The first-order valence-corrected chi connectivity index (χ1v) is 7.11. The molecule has 0 amide bonds. The summed E-state index contributed by atoms with van der Waals surface area (Å²) in [5.41, 5.74) is 2.55. The molecular weight excluding hydrogens is 250 g/mol. The lowest BCUT2D eigenvalue weighted by atomic mass is 10.0. The van der Waals surface area contributed by atoms with Gasteiger partial charge in [-0.2, -0.15) is 5.10 Å². The van der Waals surface area contributed by atoms with Gasteiger partial charge in [-0.15, -0.1) is 0 Å². The first kappa shape index (κ1) is 14.6. The van der Waals surface area contributed by atoms with Crippen LogP contribution in [0.2, 0.25) is 0 Å². The van der Waals surface area contributed by atoms with Crippen molar-refractivity contribution in [3.05, 3.63) is 47.8 Å². The van der Waals surface area contributed by atoms with Gasteiger partial charge < -0.3 is 10.1 Å². The van der Waals surface area contributed by atoms with Crippen LogP contribution in [-0.2, 0) is 13.5 Å². The minimum atomic E-state index is 0.348. The van der Waals surface area contributed by atoms with Crippen LogP contribution < -0.4 is 10.1 Å². The van der Waals surface area contributed by atoms with Crippen LogP contribution in [0.3, 0.4) is 0 Å². The number of nitrogens with zero attached hydrogens (tertiary/aromatic N) is 2. The minimum absolute atomic E-state index is 0.348. The van der Waals surface area contributed by atoms with Crippen molar-refractivity contribution in [2.24, 2.45) is 7.05 Å². The van der Waals surface area contributed by atoms with Crippen molar-refractivity contribution < 1.29 is 4.74 Å². The van der Waals surface area contributed by atoms with Crippen molar-refractivity contribution in [2.45, 2.75) is 25.8 Å². The molecule has 0 spiro atoms. The van der Waals surface area contributed by atoms with E-state index in [1.807, 2.05) is 44.0 Å². The van der Waals surface area contributed by atoms with Gasteiger partial charge in [0.1, 0.15) is 5.75 Å². The molecule has 2 rings (SSSR count). The Hall–Kier alpha value is -1.81. The molecule has 1 unspecified atom stereocenters. The lowest BCUT2D eigenvalue weighted by molar-refractivity contribution is 0.340. The van der Waals surface area contributed by atoms with E-state index in [9.17, 15) is 0 Å². The topological polar surface area (TPSA) is 39.1 Å². The van der Waals surface area contributed by atoms with E-state index in [2.05, 4.69) is 28.6 Å². The Kier molecular flexibility index (Phi) is 5.18. The van der Waals surface area contributed by atoms with Crippen LogP contribution in [0.15, 0.2) is 36.5 Å². The summed E-state index contributed by atoms with van der Waals surface area (Å²) < 4.78 is 7.41. The van der Waals surface area contributed by atoms with Gasteiger partial charge in [-0.3, -0.25) is 4.68 Å². The molecule has 2 aromatic rings. The summed E-state index contributed by atoms with van der Waals surface area (Å²) in [5.74, 6) is 0.928. The minimum Gasteiger partial charge on any atom is -0.494 e. The fourth-order valence-corrected chi connectivity index (χ4v) is 2.38. The molecule has 1 atom stereocenters. The van der Waals surface area contributed by atoms with E-state index >= 15 is 0 Å². The summed E-state index contributed by atoms with van der Waals surface area (Å²) in [6.45, 7) is 2.70. The van der Waals surface area contributed by atoms with Gasteiger partial charge in [0, 0.05) is 25.0 Å². The molecule has 1 heterocycles. The second kappa shape index (κ2) is 7.10. The monoisotopic (exact) mass is 273 g/mol. The Labute approximate surface area is 120 Å². The normalized spacial score (nSPS) is 12.3. The number of rotatable bonds is 7. The number of aryl methyl sites for hydroxylation is 2. The fourth-order valence-electron chi connectivity index (χ4n) is 2.38. The molecule has 20 heavy (non-hydrogen) atoms. The van der Waals surface area contributed by atoms with Crippen molar-refractivity contribution in [1.82, 2.24) is 15.1 Å². The lowest BCUT2D eigenvalue weighted by Gasteiger charge is -2.17. The van der Waals surface area contributed by atoms with Crippen LogP contribution in [0.5, 0.6) is 5.75 Å². The maximum Gasteiger partial charge on any atom is 0.119 e. The van der Waals surface area contributed by atoms with Crippen LogP contribution in [-0.4, -0.2) is 23.4 Å². The highest BCUT2D eigenvalue weighted by Gasteiger charge is 2.10. The van der Waals surface area contributed by atoms with Crippen LogP contribution in [0, 0.1) is 0 Å². The zero-order valence-corrected chi connectivity index (χ0v) is 12.5. The average Bonchev–Trinajstić information content (AvgIpc) is 2.87. The van der Waals surface area contributed by atoms with E-state index in [1.54, 1.807) is 0 Å². The average molecular weight is 273 g/mol. The molecule has 4 nitrogen and oxygen atoms in total. The zero-order chi connectivity index (χ0) is 14.4. The fraction of sp³-hybridized carbons (Fsp3) is 0.438. The van der Waals surface area contributed by atoms with E-state index in [1.165, 1.54) is 11.3 Å². The Balaban J connectivity index is 1.98. The highest BCUT2D eigenvalue weighted by Crippen LogP contribution is 2.21. The summed E-state index contributed by atoms with van der Waals surface area (Å²) in [5, 5.41) is 7.59. The maximum absolute atomic E-state index is 5.48. The molecule has 108 valence electrons. The Morgan fingerprint density at radius 2 is 2.00 bits per heavy atom. The van der Waals surface area contributed by atoms with Crippen molar-refractivity contribution >= 4 is 0 Å². The highest BCUT2D eigenvalue weighted by atomic mass is 16.5. The lowest BCUT2D eigenvalue weighted by Crippen LogP contribution is -2.17. The maximum atomic E-state index is 5.48. The van der Waals surface area contributed by atoms with Crippen molar-refractivity contribution in [2.75, 3.05) is 13.7 Å². The van der Waals surface area contributed by atoms with Gasteiger partial charge in [0.05, 0.1) is 6.61 Å². The molecule has 4 heteroatoms. The molecule has 0 aliphatic carbocycles. The Bertz CT molecular complexity index is 519. The molecule has 0 bridgehead atoms. The third kappa shape index (κ3) is 3.61. The molecule has 0 saturated heterocycles. The second-order valence-corrected chi connectivity index (χ2v) is 4.83. The smallest absolute Gasteiger partial charge is 0.119 e. The van der Waals surface area contributed by atoms with E-state index in [-0.39, 0.29) is 0 Å².